The lowest BCUT2D eigenvalue weighted by Crippen LogP contribution is -2.03. The Labute approximate surface area is 218 Å². The maximum atomic E-state index is 6.08. The molecule has 0 unspecified atom stereocenters. The van der Waals surface area contributed by atoms with Gasteiger partial charge in [-0.2, -0.15) is 0 Å². The number of methoxy groups -OCH3 is 3. The van der Waals surface area contributed by atoms with Gasteiger partial charge in [0.2, 0.25) is 6.79 Å². The zero-order valence-electron chi connectivity index (χ0n) is 21.1. The van der Waals surface area contributed by atoms with E-state index in [1.54, 1.807) is 21.3 Å². The smallest absolute Gasteiger partial charge is 0.231 e. The molecule has 0 radical (unpaired) electrons. The summed E-state index contributed by atoms with van der Waals surface area (Å²) in [6, 6.07) is 26.1. The van der Waals surface area contributed by atoms with E-state index in [0.717, 1.165) is 66.9 Å². The minimum Gasteiger partial charge on any atom is -0.496 e. The number of nitrogens with zero attached hydrogens (tertiary/aromatic N) is 2. The number of fused-ring (bicyclic) bond motifs is 5. The molecule has 0 N–H and O–H groups in total. The molecule has 0 amide bonds. The Hall–Kier alpha value is -4.91. The van der Waals surface area contributed by atoms with Crippen LogP contribution in [0.5, 0.6) is 28.7 Å². The zero-order chi connectivity index (χ0) is 25.8. The van der Waals surface area contributed by atoms with E-state index in [4.69, 9.17) is 28.7 Å². The third kappa shape index (κ3) is 3.18. The molecule has 0 atom stereocenters. The first-order valence-electron chi connectivity index (χ1n) is 12.2. The molecule has 0 spiro atoms. The van der Waals surface area contributed by atoms with Crippen molar-refractivity contribution in [3.8, 4) is 45.8 Å². The van der Waals surface area contributed by atoms with Crippen molar-refractivity contribution < 1.29 is 23.7 Å². The van der Waals surface area contributed by atoms with Gasteiger partial charge in [0.1, 0.15) is 17.3 Å². The maximum Gasteiger partial charge on any atom is 0.231 e. The molecule has 7 nitrogen and oxygen atoms in total. The molecule has 0 fully saturated rings. The SMILES string of the molecule is COc1cc(-n2c(-c3ccc4c(c3)OCO4)nc3cc(OC)c4ccccc4c32)c(OC)c2ccccc12. The normalized spacial score (nSPS) is 12.4. The lowest BCUT2D eigenvalue weighted by molar-refractivity contribution is 0.174. The summed E-state index contributed by atoms with van der Waals surface area (Å²) in [7, 11) is 5.06. The number of hydrogen-bond acceptors (Lipinski definition) is 6. The van der Waals surface area contributed by atoms with Crippen LogP contribution >= 0.6 is 0 Å². The monoisotopic (exact) mass is 504 g/mol. The van der Waals surface area contributed by atoms with E-state index in [9.17, 15) is 0 Å². The maximum absolute atomic E-state index is 6.08. The van der Waals surface area contributed by atoms with Gasteiger partial charge in [0.25, 0.3) is 0 Å². The summed E-state index contributed by atoms with van der Waals surface area (Å²) in [6.07, 6.45) is 0. The number of rotatable bonds is 5. The molecule has 188 valence electrons. The molecular formula is C31H24N2O5. The van der Waals surface area contributed by atoms with E-state index < -0.39 is 0 Å². The number of hydrogen-bond donors (Lipinski definition) is 0. The summed E-state index contributed by atoms with van der Waals surface area (Å²) in [5.41, 5.74) is 3.42. The molecule has 7 rings (SSSR count). The molecule has 6 aromatic rings. The molecule has 5 aromatic carbocycles. The van der Waals surface area contributed by atoms with E-state index >= 15 is 0 Å². The third-order valence-corrected chi connectivity index (χ3v) is 7.07. The highest BCUT2D eigenvalue weighted by atomic mass is 16.7. The van der Waals surface area contributed by atoms with Gasteiger partial charge in [-0.1, -0.05) is 48.5 Å². The van der Waals surface area contributed by atoms with Crippen LogP contribution in [0.2, 0.25) is 0 Å². The molecular weight excluding hydrogens is 480 g/mol. The van der Waals surface area contributed by atoms with E-state index in [0.29, 0.717) is 11.5 Å². The van der Waals surface area contributed by atoms with Crippen LogP contribution in [-0.2, 0) is 0 Å². The minimum absolute atomic E-state index is 0.201. The second-order valence-corrected chi connectivity index (χ2v) is 9.01. The van der Waals surface area contributed by atoms with Crippen LogP contribution in [0.15, 0.2) is 78.9 Å². The number of ether oxygens (including phenoxy) is 5. The third-order valence-electron chi connectivity index (χ3n) is 7.07. The van der Waals surface area contributed by atoms with Crippen molar-refractivity contribution >= 4 is 32.6 Å². The van der Waals surface area contributed by atoms with Gasteiger partial charge in [0.15, 0.2) is 17.2 Å². The molecule has 1 aromatic heterocycles. The lowest BCUT2D eigenvalue weighted by atomic mass is 10.0. The highest BCUT2D eigenvalue weighted by molar-refractivity contribution is 6.10. The van der Waals surface area contributed by atoms with E-state index in [-0.39, 0.29) is 6.79 Å². The van der Waals surface area contributed by atoms with Crippen LogP contribution in [0.1, 0.15) is 0 Å². The molecule has 0 saturated heterocycles. The quantitative estimate of drug-likeness (QED) is 0.259. The molecule has 1 aliphatic heterocycles. The van der Waals surface area contributed by atoms with Gasteiger partial charge >= 0.3 is 0 Å². The van der Waals surface area contributed by atoms with Crippen molar-refractivity contribution in [3.05, 3.63) is 78.9 Å². The Morgan fingerprint density at radius 2 is 1.34 bits per heavy atom. The Kier molecular flexibility index (Phi) is 5.04. The van der Waals surface area contributed by atoms with Gasteiger partial charge in [0, 0.05) is 39.2 Å². The number of aromatic nitrogens is 2. The Bertz CT molecular complexity index is 1870. The summed E-state index contributed by atoms with van der Waals surface area (Å²) in [4.78, 5) is 5.14. The molecule has 0 saturated carbocycles. The van der Waals surface area contributed by atoms with Gasteiger partial charge in [-0.15, -0.1) is 0 Å². The van der Waals surface area contributed by atoms with Crippen LogP contribution in [0.4, 0.5) is 0 Å². The first-order chi connectivity index (χ1) is 18.7. The van der Waals surface area contributed by atoms with Crippen molar-refractivity contribution in [2.75, 3.05) is 28.1 Å². The van der Waals surface area contributed by atoms with Crippen LogP contribution in [0, 0.1) is 0 Å². The second-order valence-electron chi connectivity index (χ2n) is 9.01. The summed E-state index contributed by atoms with van der Waals surface area (Å²) in [5.74, 6) is 4.36. The average Bonchev–Trinajstić information content (AvgIpc) is 3.60. The summed E-state index contributed by atoms with van der Waals surface area (Å²) >= 11 is 0. The van der Waals surface area contributed by atoms with Crippen molar-refractivity contribution in [2.24, 2.45) is 0 Å². The molecule has 2 heterocycles. The molecule has 38 heavy (non-hydrogen) atoms. The van der Waals surface area contributed by atoms with E-state index in [2.05, 4.69) is 16.7 Å². The van der Waals surface area contributed by atoms with Gasteiger partial charge in [0.05, 0.1) is 38.1 Å². The van der Waals surface area contributed by atoms with Gasteiger partial charge in [-0.3, -0.25) is 4.57 Å². The lowest BCUT2D eigenvalue weighted by Gasteiger charge is -2.19. The Balaban J connectivity index is 1.66. The first-order valence-corrected chi connectivity index (χ1v) is 12.2. The second kappa shape index (κ2) is 8.59. The fraction of sp³-hybridized carbons (Fsp3) is 0.129. The first kappa shape index (κ1) is 22.3. The fourth-order valence-electron chi connectivity index (χ4n) is 5.39. The summed E-state index contributed by atoms with van der Waals surface area (Å²) in [5, 5.41) is 3.92. The minimum atomic E-state index is 0.201. The topological polar surface area (TPSA) is 64.0 Å². The van der Waals surface area contributed by atoms with E-state index in [1.807, 2.05) is 66.7 Å². The highest BCUT2D eigenvalue weighted by Crippen LogP contribution is 2.45. The predicted molar refractivity (Wildman–Crippen MR) is 147 cm³/mol. The van der Waals surface area contributed by atoms with Crippen molar-refractivity contribution in [1.82, 2.24) is 9.55 Å². The Morgan fingerprint density at radius 3 is 2.08 bits per heavy atom. The van der Waals surface area contributed by atoms with Crippen molar-refractivity contribution in [2.45, 2.75) is 0 Å². The molecule has 7 heteroatoms. The van der Waals surface area contributed by atoms with Gasteiger partial charge in [-0.05, 0) is 18.2 Å². The number of imidazole rings is 1. The number of benzene rings is 5. The molecule has 0 bridgehead atoms. The van der Waals surface area contributed by atoms with Gasteiger partial charge in [-0.25, -0.2) is 4.98 Å². The zero-order valence-corrected chi connectivity index (χ0v) is 21.1. The largest absolute Gasteiger partial charge is 0.496 e. The molecule has 1 aliphatic rings. The summed E-state index contributed by atoms with van der Waals surface area (Å²) in [6.45, 7) is 0.201. The highest BCUT2D eigenvalue weighted by Gasteiger charge is 2.25. The summed E-state index contributed by atoms with van der Waals surface area (Å²) < 4.78 is 31.1. The average molecular weight is 505 g/mol. The van der Waals surface area contributed by atoms with Crippen LogP contribution in [0.25, 0.3) is 49.7 Å². The van der Waals surface area contributed by atoms with E-state index in [1.165, 1.54) is 0 Å². The van der Waals surface area contributed by atoms with Crippen LogP contribution in [0.3, 0.4) is 0 Å². The Morgan fingerprint density at radius 1 is 0.684 bits per heavy atom. The molecule has 0 aliphatic carbocycles. The van der Waals surface area contributed by atoms with Gasteiger partial charge < -0.3 is 23.7 Å². The van der Waals surface area contributed by atoms with Crippen molar-refractivity contribution in [1.29, 1.82) is 0 Å². The van der Waals surface area contributed by atoms with Crippen LogP contribution < -0.4 is 23.7 Å². The predicted octanol–water partition coefficient (Wildman–Crippen LogP) is 6.75. The standard InChI is InChI=1S/C31H24N2O5/c1-34-26-15-23-29(21-10-6-4-8-19(21)26)33(31(32-23)18-12-13-25-28(14-18)38-17-37-25)24-16-27(35-2)20-9-5-7-11-22(20)30(24)36-3/h4-16H,17H2,1-3H3. The van der Waals surface area contributed by atoms with Crippen LogP contribution in [-0.4, -0.2) is 37.7 Å². The van der Waals surface area contributed by atoms with Crippen molar-refractivity contribution in [3.63, 3.8) is 0 Å². The fourth-order valence-corrected chi connectivity index (χ4v) is 5.39.